The second-order valence-corrected chi connectivity index (χ2v) is 4.31. The van der Waals surface area contributed by atoms with Crippen molar-refractivity contribution in [2.24, 2.45) is 11.7 Å². The van der Waals surface area contributed by atoms with Crippen molar-refractivity contribution in [2.75, 3.05) is 6.54 Å². The number of carbonyl (C=O) groups is 1. The minimum atomic E-state index is -0.760. The molecule has 0 aliphatic heterocycles. The third-order valence-corrected chi connectivity index (χ3v) is 2.63. The fraction of sp³-hybridized carbons (Fsp3) is 0.462. The Morgan fingerprint density at radius 3 is 2.31 bits per heavy atom. The maximum atomic E-state index is 11.0. The predicted molar refractivity (Wildman–Crippen MR) is 64.4 cm³/mol. The minimum absolute atomic E-state index is 0.369. The van der Waals surface area contributed by atoms with Gasteiger partial charge in [0.1, 0.15) is 0 Å². The zero-order valence-electron chi connectivity index (χ0n) is 9.86. The summed E-state index contributed by atoms with van der Waals surface area (Å²) >= 11 is 0. The van der Waals surface area contributed by atoms with Crippen molar-refractivity contribution >= 4 is 5.97 Å². The monoisotopic (exact) mass is 221 g/mol. The molecule has 0 amide bonds. The SMILES string of the molecule is Cc1cc(C)cc(CC(CCN)C(=O)O)c1. The van der Waals surface area contributed by atoms with E-state index in [9.17, 15) is 4.79 Å². The topological polar surface area (TPSA) is 63.3 Å². The molecule has 0 spiro atoms. The lowest BCUT2D eigenvalue weighted by molar-refractivity contribution is -0.141. The largest absolute Gasteiger partial charge is 0.481 e. The van der Waals surface area contributed by atoms with Crippen molar-refractivity contribution in [3.05, 3.63) is 34.9 Å². The molecule has 3 nitrogen and oxygen atoms in total. The van der Waals surface area contributed by atoms with Gasteiger partial charge in [-0.2, -0.15) is 0 Å². The summed E-state index contributed by atoms with van der Waals surface area (Å²) in [4.78, 5) is 11.0. The highest BCUT2D eigenvalue weighted by Gasteiger charge is 2.17. The molecule has 0 radical (unpaired) electrons. The highest BCUT2D eigenvalue weighted by atomic mass is 16.4. The number of benzene rings is 1. The molecule has 1 rings (SSSR count). The molecule has 0 aliphatic carbocycles. The minimum Gasteiger partial charge on any atom is -0.481 e. The van der Waals surface area contributed by atoms with E-state index in [1.165, 1.54) is 11.1 Å². The van der Waals surface area contributed by atoms with Gasteiger partial charge in [0, 0.05) is 0 Å². The molecule has 1 unspecified atom stereocenters. The number of aliphatic carboxylic acids is 1. The van der Waals surface area contributed by atoms with Gasteiger partial charge in [-0.05, 0) is 38.8 Å². The van der Waals surface area contributed by atoms with Crippen molar-refractivity contribution in [3.63, 3.8) is 0 Å². The summed E-state index contributed by atoms with van der Waals surface area (Å²) < 4.78 is 0. The van der Waals surface area contributed by atoms with Crippen LogP contribution < -0.4 is 5.73 Å². The van der Waals surface area contributed by atoms with E-state index in [-0.39, 0.29) is 5.92 Å². The van der Waals surface area contributed by atoms with E-state index in [1.54, 1.807) is 0 Å². The number of carboxylic acids is 1. The van der Waals surface area contributed by atoms with Gasteiger partial charge in [0.25, 0.3) is 0 Å². The van der Waals surface area contributed by atoms with E-state index in [0.717, 1.165) is 5.56 Å². The molecule has 16 heavy (non-hydrogen) atoms. The third kappa shape index (κ3) is 3.66. The summed E-state index contributed by atoms with van der Waals surface area (Å²) in [5.74, 6) is -1.13. The first-order valence-electron chi connectivity index (χ1n) is 5.53. The molecule has 1 aromatic rings. The van der Waals surface area contributed by atoms with Gasteiger partial charge in [-0.1, -0.05) is 29.3 Å². The Hall–Kier alpha value is -1.35. The third-order valence-electron chi connectivity index (χ3n) is 2.63. The van der Waals surface area contributed by atoms with Crippen LogP contribution in [0.4, 0.5) is 0 Å². The number of hydrogen-bond donors (Lipinski definition) is 2. The van der Waals surface area contributed by atoms with Gasteiger partial charge in [-0.25, -0.2) is 0 Å². The fourth-order valence-electron chi connectivity index (χ4n) is 1.99. The summed E-state index contributed by atoms with van der Waals surface area (Å²) in [6.07, 6.45) is 1.09. The summed E-state index contributed by atoms with van der Waals surface area (Å²) in [6.45, 7) is 4.46. The van der Waals surface area contributed by atoms with Crippen molar-refractivity contribution in [1.82, 2.24) is 0 Å². The van der Waals surface area contributed by atoms with Gasteiger partial charge in [0.2, 0.25) is 0 Å². The number of rotatable bonds is 5. The molecular formula is C13H19NO2. The van der Waals surface area contributed by atoms with Gasteiger partial charge < -0.3 is 10.8 Å². The van der Waals surface area contributed by atoms with Gasteiger partial charge in [-0.3, -0.25) is 4.79 Å². The van der Waals surface area contributed by atoms with E-state index >= 15 is 0 Å². The van der Waals surface area contributed by atoms with Gasteiger partial charge >= 0.3 is 5.97 Å². The van der Waals surface area contributed by atoms with E-state index in [2.05, 4.69) is 6.07 Å². The summed E-state index contributed by atoms with van der Waals surface area (Å²) in [5.41, 5.74) is 8.85. The van der Waals surface area contributed by atoms with Crippen LogP contribution in [-0.4, -0.2) is 17.6 Å². The maximum Gasteiger partial charge on any atom is 0.306 e. The number of carboxylic acid groups (broad SMARTS) is 1. The first-order chi connectivity index (χ1) is 7.52. The Balaban J connectivity index is 2.80. The smallest absolute Gasteiger partial charge is 0.306 e. The molecule has 0 saturated heterocycles. The normalized spacial score (nSPS) is 12.4. The Morgan fingerprint density at radius 1 is 1.31 bits per heavy atom. The summed E-state index contributed by atoms with van der Waals surface area (Å²) in [5, 5.41) is 9.05. The average Bonchev–Trinajstić information content (AvgIpc) is 2.15. The van der Waals surface area contributed by atoms with Crippen molar-refractivity contribution in [1.29, 1.82) is 0 Å². The van der Waals surface area contributed by atoms with Gasteiger partial charge in [0.05, 0.1) is 5.92 Å². The molecule has 0 aliphatic rings. The van der Waals surface area contributed by atoms with Crippen molar-refractivity contribution in [2.45, 2.75) is 26.7 Å². The van der Waals surface area contributed by atoms with E-state index in [0.29, 0.717) is 19.4 Å². The quantitative estimate of drug-likeness (QED) is 0.798. The number of aryl methyl sites for hydroxylation is 2. The van der Waals surface area contributed by atoms with E-state index in [4.69, 9.17) is 10.8 Å². The molecule has 0 aromatic heterocycles. The summed E-state index contributed by atoms with van der Waals surface area (Å²) in [6, 6.07) is 6.17. The molecule has 1 aromatic carbocycles. The molecule has 88 valence electrons. The van der Waals surface area contributed by atoms with Crippen LogP contribution in [0.15, 0.2) is 18.2 Å². The van der Waals surface area contributed by atoms with Crippen LogP contribution in [0.5, 0.6) is 0 Å². The van der Waals surface area contributed by atoms with Crippen LogP contribution in [0, 0.1) is 19.8 Å². The average molecular weight is 221 g/mol. The van der Waals surface area contributed by atoms with Crippen LogP contribution in [-0.2, 0) is 11.2 Å². The lowest BCUT2D eigenvalue weighted by Gasteiger charge is -2.12. The highest BCUT2D eigenvalue weighted by Crippen LogP contribution is 2.15. The first kappa shape index (κ1) is 12.7. The van der Waals surface area contributed by atoms with Crippen LogP contribution in [0.2, 0.25) is 0 Å². The molecule has 3 heteroatoms. The second kappa shape index (κ2) is 5.66. The molecule has 0 bridgehead atoms. The Bertz CT molecular complexity index is 354. The molecule has 0 fully saturated rings. The lowest BCUT2D eigenvalue weighted by Crippen LogP contribution is -2.20. The predicted octanol–water partition coefficient (Wildman–Crippen LogP) is 1.90. The summed E-state index contributed by atoms with van der Waals surface area (Å²) in [7, 11) is 0. The van der Waals surface area contributed by atoms with Crippen LogP contribution in [0.25, 0.3) is 0 Å². The Morgan fingerprint density at radius 2 is 1.88 bits per heavy atom. The maximum absolute atomic E-state index is 11.0. The highest BCUT2D eigenvalue weighted by molar-refractivity contribution is 5.70. The Kier molecular flexibility index (Phi) is 4.50. The van der Waals surface area contributed by atoms with Crippen molar-refractivity contribution in [3.8, 4) is 0 Å². The van der Waals surface area contributed by atoms with Crippen molar-refractivity contribution < 1.29 is 9.90 Å². The van der Waals surface area contributed by atoms with Crippen LogP contribution in [0.3, 0.4) is 0 Å². The zero-order chi connectivity index (χ0) is 12.1. The molecule has 1 atom stereocenters. The molecule has 0 heterocycles. The zero-order valence-corrected chi connectivity index (χ0v) is 9.86. The number of nitrogens with two attached hydrogens (primary N) is 1. The second-order valence-electron chi connectivity index (χ2n) is 4.31. The number of hydrogen-bond acceptors (Lipinski definition) is 2. The molecule has 3 N–H and O–H groups in total. The van der Waals surface area contributed by atoms with Crippen LogP contribution >= 0.6 is 0 Å². The van der Waals surface area contributed by atoms with Crippen LogP contribution in [0.1, 0.15) is 23.1 Å². The van der Waals surface area contributed by atoms with E-state index < -0.39 is 5.97 Å². The first-order valence-corrected chi connectivity index (χ1v) is 5.53. The van der Waals surface area contributed by atoms with Gasteiger partial charge in [0.15, 0.2) is 0 Å². The standard InChI is InChI=1S/C13H19NO2/c1-9-5-10(2)7-11(6-9)8-12(3-4-14)13(15)16/h5-7,12H,3-4,8,14H2,1-2H3,(H,15,16). The molecule has 0 saturated carbocycles. The fourth-order valence-corrected chi connectivity index (χ4v) is 1.99. The Labute approximate surface area is 96.3 Å². The lowest BCUT2D eigenvalue weighted by atomic mass is 9.94. The van der Waals surface area contributed by atoms with Gasteiger partial charge in [-0.15, -0.1) is 0 Å². The van der Waals surface area contributed by atoms with E-state index in [1.807, 2.05) is 26.0 Å². The molecular weight excluding hydrogens is 202 g/mol.